The van der Waals surface area contributed by atoms with Crippen LogP contribution in [0, 0.1) is 0 Å². The first-order valence-electron chi connectivity index (χ1n) is 8.11. The maximum absolute atomic E-state index is 5.62. The fourth-order valence-electron chi connectivity index (χ4n) is 2.43. The molecule has 0 spiro atoms. The molecule has 128 valence electrons. The Morgan fingerprint density at radius 2 is 1.79 bits per heavy atom. The van der Waals surface area contributed by atoms with Crippen LogP contribution in [0.25, 0.3) is 0 Å². The monoisotopic (exact) mass is 344 g/mol. The maximum atomic E-state index is 5.62. The summed E-state index contributed by atoms with van der Waals surface area (Å²) in [5, 5.41) is 7.16. The van der Waals surface area contributed by atoms with E-state index in [0.29, 0.717) is 11.7 Å². The SMILES string of the molecule is CCOc1ccccc1NC(=S)NC(CC)c1ccc(OC)cc1. The molecule has 2 aromatic carbocycles. The molecular weight excluding hydrogens is 320 g/mol. The van der Waals surface area contributed by atoms with Crippen molar-refractivity contribution in [1.29, 1.82) is 0 Å². The number of rotatable bonds is 7. The standard InChI is InChI=1S/C19H24N2O2S/c1-4-16(14-10-12-15(22-3)13-11-14)20-19(24)21-17-8-6-7-9-18(17)23-5-2/h6-13,16H,4-5H2,1-3H3,(H2,20,21,24). The second-order valence-electron chi connectivity index (χ2n) is 5.26. The van der Waals surface area contributed by atoms with E-state index in [0.717, 1.165) is 23.6 Å². The van der Waals surface area contributed by atoms with Gasteiger partial charge in [-0.1, -0.05) is 31.2 Å². The average Bonchev–Trinajstić information content (AvgIpc) is 2.62. The van der Waals surface area contributed by atoms with Gasteiger partial charge in [-0.3, -0.25) is 0 Å². The van der Waals surface area contributed by atoms with Crippen LogP contribution in [0.5, 0.6) is 11.5 Å². The van der Waals surface area contributed by atoms with E-state index in [2.05, 4.69) is 29.7 Å². The van der Waals surface area contributed by atoms with Gasteiger partial charge in [-0.25, -0.2) is 0 Å². The summed E-state index contributed by atoms with van der Waals surface area (Å²) in [5.41, 5.74) is 2.03. The van der Waals surface area contributed by atoms with Crippen LogP contribution >= 0.6 is 12.2 Å². The van der Waals surface area contributed by atoms with Gasteiger partial charge in [0.2, 0.25) is 0 Å². The van der Waals surface area contributed by atoms with Crippen molar-refractivity contribution < 1.29 is 9.47 Å². The van der Waals surface area contributed by atoms with Gasteiger partial charge in [0.05, 0.1) is 25.4 Å². The predicted molar refractivity (Wildman–Crippen MR) is 103 cm³/mol. The molecule has 0 radical (unpaired) electrons. The minimum atomic E-state index is 0.134. The summed E-state index contributed by atoms with van der Waals surface area (Å²) in [4.78, 5) is 0. The van der Waals surface area contributed by atoms with Crippen molar-refractivity contribution >= 4 is 23.0 Å². The number of benzene rings is 2. The van der Waals surface area contributed by atoms with Crippen LogP contribution in [-0.2, 0) is 0 Å². The first-order chi connectivity index (χ1) is 11.7. The second-order valence-corrected chi connectivity index (χ2v) is 5.67. The summed E-state index contributed by atoms with van der Waals surface area (Å²) in [6.45, 7) is 4.70. The van der Waals surface area contributed by atoms with Crippen LogP contribution in [0.1, 0.15) is 31.9 Å². The van der Waals surface area contributed by atoms with Crippen molar-refractivity contribution in [1.82, 2.24) is 5.32 Å². The Kier molecular flexibility index (Phi) is 6.88. The van der Waals surface area contributed by atoms with Crippen LogP contribution in [0.4, 0.5) is 5.69 Å². The molecule has 0 fully saturated rings. The number of anilines is 1. The molecule has 0 aliphatic carbocycles. The number of thiocarbonyl (C=S) groups is 1. The molecule has 0 saturated heterocycles. The number of nitrogens with one attached hydrogen (secondary N) is 2. The van der Waals surface area contributed by atoms with E-state index in [1.807, 2.05) is 43.3 Å². The van der Waals surface area contributed by atoms with Crippen molar-refractivity contribution in [3.8, 4) is 11.5 Å². The van der Waals surface area contributed by atoms with E-state index in [4.69, 9.17) is 21.7 Å². The number of ether oxygens (including phenoxy) is 2. The van der Waals surface area contributed by atoms with Gasteiger partial charge >= 0.3 is 0 Å². The summed E-state index contributed by atoms with van der Waals surface area (Å²) >= 11 is 5.47. The van der Waals surface area contributed by atoms with E-state index in [9.17, 15) is 0 Å². The highest BCUT2D eigenvalue weighted by molar-refractivity contribution is 7.80. The molecule has 0 heterocycles. The van der Waals surface area contributed by atoms with Gasteiger partial charge in [-0.15, -0.1) is 0 Å². The molecule has 2 aromatic rings. The highest BCUT2D eigenvalue weighted by Gasteiger charge is 2.12. The topological polar surface area (TPSA) is 42.5 Å². The van der Waals surface area contributed by atoms with Gasteiger partial charge in [0.15, 0.2) is 5.11 Å². The molecule has 0 aromatic heterocycles. The lowest BCUT2D eigenvalue weighted by atomic mass is 10.0. The lowest BCUT2D eigenvalue weighted by Gasteiger charge is -2.21. The molecule has 0 aliphatic rings. The fourth-order valence-corrected chi connectivity index (χ4v) is 2.68. The molecule has 0 amide bonds. The Morgan fingerprint density at radius 1 is 1.08 bits per heavy atom. The van der Waals surface area contributed by atoms with E-state index >= 15 is 0 Å². The maximum Gasteiger partial charge on any atom is 0.171 e. The van der Waals surface area contributed by atoms with Crippen LogP contribution in [0.3, 0.4) is 0 Å². The molecular formula is C19H24N2O2S. The van der Waals surface area contributed by atoms with E-state index in [-0.39, 0.29) is 6.04 Å². The lowest BCUT2D eigenvalue weighted by molar-refractivity contribution is 0.342. The van der Waals surface area contributed by atoms with E-state index in [1.54, 1.807) is 7.11 Å². The van der Waals surface area contributed by atoms with Gasteiger partial charge in [-0.2, -0.15) is 0 Å². The molecule has 4 nitrogen and oxygen atoms in total. The average molecular weight is 344 g/mol. The van der Waals surface area contributed by atoms with Crippen LogP contribution in [0.2, 0.25) is 0 Å². The molecule has 5 heteroatoms. The van der Waals surface area contributed by atoms with Crippen molar-refractivity contribution in [2.24, 2.45) is 0 Å². The summed E-state index contributed by atoms with van der Waals surface area (Å²) in [7, 11) is 1.67. The van der Waals surface area contributed by atoms with Gasteiger partial charge in [0, 0.05) is 0 Å². The molecule has 0 saturated carbocycles. The first kappa shape index (κ1) is 18.1. The summed E-state index contributed by atoms with van der Waals surface area (Å²) in [6, 6.07) is 15.9. The van der Waals surface area contributed by atoms with Crippen LogP contribution in [0.15, 0.2) is 48.5 Å². The Morgan fingerprint density at radius 3 is 2.42 bits per heavy atom. The van der Waals surface area contributed by atoms with Crippen LogP contribution < -0.4 is 20.1 Å². The minimum Gasteiger partial charge on any atom is -0.497 e. The van der Waals surface area contributed by atoms with Gasteiger partial charge in [0.1, 0.15) is 11.5 Å². The van der Waals surface area contributed by atoms with Crippen molar-refractivity contribution in [2.45, 2.75) is 26.3 Å². The third-order valence-electron chi connectivity index (χ3n) is 3.67. The Bertz CT molecular complexity index is 659. The minimum absolute atomic E-state index is 0.134. The van der Waals surface area contributed by atoms with Crippen molar-refractivity contribution in [3.05, 3.63) is 54.1 Å². The van der Waals surface area contributed by atoms with E-state index in [1.165, 1.54) is 5.56 Å². The van der Waals surface area contributed by atoms with Crippen molar-refractivity contribution in [3.63, 3.8) is 0 Å². The van der Waals surface area contributed by atoms with Crippen LogP contribution in [-0.4, -0.2) is 18.8 Å². The normalized spacial score (nSPS) is 11.5. The Hall–Kier alpha value is -2.27. The third kappa shape index (κ3) is 4.86. The molecule has 0 aliphatic heterocycles. The Labute approximate surface area is 149 Å². The van der Waals surface area contributed by atoms with Crippen molar-refractivity contribution in [2.75, 3.05) is 19.0 Å². The third-order valence-corrected chi connectivity index (χ3v) is 3.89. The quantitative estimate of drug-likeness (QED) is 0.722. The van der Waals surface area contributed by atoms with E-state index < -0.39 is 0 Å². The predicted octanol–water partition coefficient (Wildman–Crippen LogP) is 4.53. The van der Waals surface area contributed by atoms with Gasteiger partial charge < -0.3 is 20.1 Å². The number of hydrogen-bond acceptors (Lipinski definition) is 3. The number of hydrogen-bond donors (Lipinski definition) is 2. The number of methoxy groups -OCH3 is 1. The molecule has 0 bridgehead atoms. The molecule has 24 heavy (non-hydrogen) atoms. The smallest absolute Gasteiger partial charge is 0.171 e. The lowest BCUT2D eigenvalue weighted by Crippen LogP contribution is -2.32. The summed E-state index contributed by atoms with van der Waals surface area (Å²) in [5.74, 6) is 1.64. The molecule has 2 N–H and O–H groups in total. The highest BCUT2D eigenvalue weighted by Crippen LogP contribution is 2.24. The fraction of sp³-hybridized carbons (Fsp3) is 0.316. The largest absolute Gasteiger partial charge is 0.497 e. The zero-order valence-corrected chi connectivity index (χ0v) is 15.2. The zero-order valence-electron chi connectivity index (χ0n) is 14.3. The first-order valence-corrected chi connectivity index (χ1v) is 8.52. The summed E-state index contributed by atoms with van der Waals surface area (Å²) < 4.78 is 10.8. The second kappa shape index (κ2) is 9.13. The van der Waals surface area contributed by atoms with Gasteiger partial charge in [-0.05, 0) is 55.4 Å². The van der Waals surface area contributed by atoms with Gasteiger partial charge in [0.25, 0.3) is 0 Å². The molecule has 1 unspecified atom stereocenters. The summed E-state index contributed by atoms with van der Waals surface area (Å²) in [6.07, 6.45) is 0.918. The Balaban J connectivity index is 2.04. The molecule has 1 atom stereocenters. The number of para-hydroxylation sites is 2. The molecule has 2 rings (SSSR count). The zero-order chi connectivity index (χ0) is 17.4. The highest BCUT2D eigenvalue weighted by atomic mass is 32.1.